The first-order valence-corrected chi connectivity index (χ1v) is 5.94. The molecule has 2 aromatic rings. The van der Waals surface area contributed by atoms with Gasteiger partial charge in [0, 0.05) is 0 Å². The zero-order valence-corrected chi connectivity index (χ0v) is 11.2. The molecule has 0 unspecified atom stereocenters. The van der Waals surface area contributed by atoms with Crippen molar-refractivity contribution < 1.29 is 18.7 Å². The lowest BCUT2D eigenvalue weighted by Crippen LogP contribution is -2.00. The number of nitrogens with zero attached hydrogens (tertiary/aromatic N) is 1. The first-order valence-electron chi connectivity index (χ1n) is 5.94. The number of hydrogen-bond acceptors (Lipinski definition) is 5. The number of ether oxygens (including phenoxy) is 2. The fraction of sp³-hybridized carbons (Fsp3) is 0.200. The van der Waals surface area contributed by atoms with Crippen LogP contribution >= 0.6 is 0 Å². The van der Waals surface area contributed by atoms with E-state index >= 15 is 0 Å². The molecule has 0 saturated carbocycles. The first kappa shape index (κ1) is 13.7. The van der Waals surface area contributed by atoms with Crippen molar-refractivity contribution in [2.45, 2.75) is 13.5 Å². The van der Waals surface area contributed by atoms with Crippen molar-refractivity contribution in [1.29, 1.82) is 5.26 Å². The molecule has 0 aliphatic carbocycles. The van der Waals surface area contributed by atoms with E-state index in [0.29, 0.717) is 28.4 Å². The zero-order valence-electron chi connectivity index (χ0n) is 11.2. The standard InChI is InChI=1S/C15H13NO4/c1-10-14(15(17)18-2)7-13(20-10)9-19-12-5-3-11(8-16)4-6-12/h3-7H,9H2,1-2H3. The minimum absolute atomic E-state index is 0.198. The molecule has 0 N–H and O–H groups in total. The summed E-state index contributed by atoms with van der Waals surface area (Å²) in [6.45, 7) is 1.89. The van der Waals surface area contributed by atoms with Crippen molar-refractivity contribution in [3.05, 3.63) is 53.0 Å². The van der Waals surface area contributed by atoms with Crippen LogP contribution in [0.3, 0.4) is 0 Å². The Morgan fingerprint density at radius 1 is 1.35 bits per heavy atom. The van der Waals surface area contributed by atoms with Gasteiger partial charge in [-0.15, -0.1) is 0 Å². The highest BCUT2D eigenvalue weighted by Gasteiger charge is 2.15. The summed E-state index contributed by atoms with van der Waals surface area (Å²) in [6, 6.07) is 10.4. The van der Waals surface area contributed by atoms with Gasteiger partial charge in [0.1, 0.15) is 29.4 Å². The Morgan fingerprint density at radius 2 is 2.05 bits per heavy atom. The Balaban J connectivity index is 2.03. The third kappa shape index (κ3) is 2.98. The van der Waals surface area contributed by atoms with Crippen LogP contribution in [0.5, 0.6) is 5.75 Å². The van der Waals surface area contributed by atoms with Crippen LogP contribution in [-0.2, 0) is 11.3 Å². The van der Waals surface area contributed by atoms with E-state index < -0.39 is 5.97 Å². The van der Waals surface area contributed by atoms with Crippen LogP contribution in [0.15, 0.2) is 34.7 Å². The van der Waals surface area contributed by atoms with Gasteiger partial charge in [0.05, 0.1) is 18.7 Å². The molecule has 0 aliphatic heterocycles. The van der Waals surface area contributed by atoms with Crippen LogP contribution in [0.4, 0.5) is 0 Å². The highest BCUT2D eigenvalue weighted by atomic mass is 16.5. The molecule has 102 valence electrons. The summed E-state index contributed by atoms with van der Waals surface area (Å²) in [7, 11) is 1.32. The summed E-state index contributed by atoms with van der Waals surface area (Å²) < 4.78 is 15.6. The van der Waals surface area contributed by atoms with Crippen LogP contribution < -0.4 is 4.74 Å². The predicted octanol–water partition coefficient (Wildman–Crippen LogP) is 2.83. The predicted molar refractivity (Wildman–Crippen MR) is 70.3 cm³/mol. The van der Waals surface area contributed by atoms with Gasteiger partial charge in [-0.2, -0.15) is 5.26 Å². The molecule has 1 aromatic carbocycles. The maximum absolute atomic E-state index is 11.4. The molecular weight excluding hydrogens is 258 g/mol. The lowest BCUT2D eigenvalue weighted by Gasteiger charge is -2.03. The molecule has 0 saturated heterocycles. The Kier molecular flexibility index (Phi) is 4.06. The number of nitriles is 1. The number of carbonyl (C=O) groups excluding carboxylic acids is 1. The topological polar surface area (TPSA) is 72.5 Å². The average molecular weight is 271 g/mol. The molecule has 0 atom stereocenters. The van der Waals surface area contributed by atoms with E-state index in [9.17, 15) is 4.79 Å². The fourth-order valence-corrected chi connectivity index (χ4v) is 1.71. The second kappa shape index (κ2) is 5.93. The summed E-state index contributed by atoms with van der Waals surface area (Å²) in [5, 5.41) is 8.70. The van der Waals surface area contributed by atoms with E-state index in [1.54, 1.807) is 37.3 Å². The second-order valence-corrected chi connectivity index (χ2v) is 4.10. The Bertz CT molecular complexity index is 650. The van der Waals surface area contributed by atoms with Crippen molar-refractivity contribution in [3.8, 4) is 11.8 Å². The molecule has 5 nitrogen and oxygen atoms in total. The highest BCUT2D eigenvalue weighted by molar-refractivity contribution is 5.90. The van der Waals surface area contributed by atoms with Gasteiger partial charge < -0.3 is 13.9 Å². The summed E-state index contributed by atoms with van der Waals surface area (Å²) in [6.07, 6.45) is 0. The largest absolute Gasteiger partial charge is 0.486 e. The van der Waals surface area contributed by atoms with E-state index in [-0.39, 0.29) is 6.61 Å². The number of hydrogen-bond donors (Lipinski definition) is 0. The highest BCUT2D eigenvalue weighted by Crippen LogP contribution is 2.18. The van der Waals surface area contributed by atoms with Gasteiger partial charge in [-0.1, -0.05) is 0 Å². The van der Waals surface area contributed by atoms with E-state index in [4.69, 9.17) is 14.4 Å². The van der Waals surface area contributed by atoms with Crippen LogP contribution in [0, 0.1) is 18.3 Å². The van der Waals surface area contributed by atoms with Crippen LogP contribution in [-0.4, -0.2) is 13.1 Å². The molecule has 5 heteroatoms. The van der Waals surface area contributed by atoms with Gasteiger partial charge in [0.15, 0.2) is 0 Å². The molecule has 0 radical (unpaired) electrons. The quantitative estimate of drug-likeness (QED) is 0.799. The molecule has 2 rings (SSSR count). The van der Waals surface area contributed by atoms with Gasteiger partial charge in [-0.3, -0.25) is 0 Å². The molecule has 0 amide bonds. The van der Waals surface area contributed by atoms with Gasteiger partial charge >= 0.3 is 5.97 Å². The van der Waals surface area contributed by atoms with Crippen molar-refractivity contribution in [1.82, 2.24) is 0 Å². The molecule has 0 spiro atoms. The van der Waals surface area contributed by atoms with Crippen molar-refractivity contribution in [2.75, 3.05) is 7.11 Å². The van der Waals surface area contributed by atoms with Crippen molar-refractivity contribution in [2.24, 2.45) is 0 Å². The van der Waals surface area contributed by atoms with E-state index in [0.717, 1.165) is 0 Å². The van der Waals surface area contributed by atoms with Gasteiger partial charge in [-0.25, -0.2) is 4.79 Å². The molecule has 0 bridgehead atoms. The third-order valence-corrected chi connectivity index (χ3v) is 2.74. The van der Waals surface area contributed by atoms with Gasteiger partial charge in [0.2, 0.25) is 0 Å². The Hall–Kier alpha value is -2.74. The molecule has 1 heterocycles. The average Bonchev–Trinajstić information content (AvgIpc) is 2.86. The normalized spacial score (nSPS) is 9.85. The number of benzene rings is 1. The van der Waals surface area contributed by atoms with Crippen LogP contribution in [0.1, 0.15) is 27.4 Å². The number of esters is 1. The Morgan fingerprint density at radius 3 is 2.65 bits per heavy atom. The van der Waals surface area contributed by atoms with Gasteiger partial charge in [0.25, 0.3) is 0 Å². The first-order chi connectivity index (χ1) is 9.63. The van der Waals surface area contributed by atoms with Gasteiger partial charge in [-0.05, 0) is 37.3 Å². The SMILES string of the molecule is COC(=O)c1cc(COc2ccc(C#N)cc2)oc1C. The fourth-order valence-electron chi connectivity index (χ4n) is 1.71. The number of methoxy groups -OCH3 is 1. The Labute approximate surface area is 116 Å². The number of aryl methyl sites for hydroxylation is 1. The van der Waals surface area contributed by atoms with Crippen LogP contribution in [0.2, 0.25) is 0 Å². The number of carbonyl (C=O) groups is 1. The number of furan rings is 1. The van der Waals surface area contributed by atoms with E-state index in [1.165, 1.54) is 7.11 Å². The molecule has 0 aliphatic rings. The van der Waals surface area contributed by atoms with E-state index in [2.05, 4.69) is 4.74 Å². The second-order valence-electron chi connectivity index (χ2n) is 4.10. The van der Waals surface area contributed by atoms with E-state index in [1.807, 2.05) is 6.07 Å². The summed E-state index contributed by atoms with van der Waals surface area (Å²) in [4.78, 5) is 11.4. The molecular formula is C15H13NO4. The minimum Gasteiger partial charge on any atom is -0.486 e. The maximum Gasteiger partial charge on any atom is 0.341 e. The molecule has 0 fully saturated rings. The lowest BCUT2D eigenvalue weighted by molar-refractivity contribution is 0.0599. The summed E-state index contributed by atoms with van der Waals surface area (Å²) in [5.41, 5.74) is 0.963. The third-order valence-electron chi connectivity index (χ3n) is 2.74. The minimum atomic E-state index is -0.434. The zero-order chi connectivity index (χ0) is 14.5. The number of rotatable bonds is 4. The van der Waals surface area contributed by atoms with Crippen LogP contribution in [0.25, 0.3) is 0 Å². The monoisotopic (exact) mass is 271 g/mol. The summed E-state index contributed by atoms with van der Waals surface area (Å²) in [5.74, 6) is 1.22. The molecule has 1 aromatic heterocycles. The van der Waals surface area contributed by atoms with Crippen molar-refractivity contribution in [3.63, 3.8) is 0 Å². The molecule has 20 heavy (non-hydrogen) atoms. The van der Waals surface area contributed by atoms with Crippen molar-refractivity contribution >= 4 is 5.97 Å². The smallest absolute Gasteiger partial charge is 0.341 e. The maximum atomic E-state index is 11.4. The lowest BCUT2D eigenvalue weighted by atomic mass is 10.2. The summed E-state index contributed by atoms with van der Waals surface area (Å²) >= 11 is 0.